The lowest BCUT2D eigenvalue weighted by Crippen LogP contribution is -2.30. The van der Waals surface area contributed by atoms with E-state index in [1.807, 2.05) is 0 Å². The van der Waals surface area contributed by atoms with E-state index in [0.717, 1.165) is 12.8 Å². The summed E-state index contributed by atoms with van der Waals surface area (Å²) in [6, 6.07) is 4.95. The SMILES string of the molecule is NNc1ccc(Cl)cc1C(=O)NCCOC1CCCCC1. The fourth-order valence-corrected chi connectivity index (χ4v) is 2.72. The number of nitrogens with one attached hydrogen (secondary N) is 2. The second kappa shape index (κ2) is 8.22. The van der Waals surface area contributed by atoms with Gasteiger partial charge in [-0.15, -0.1) is 0 Å². The Hall–Kier alpha value is -1.30. The largest absolute Gasteiger partial charge is 0.376 e. The van der Waals surface area contributed by atoms with Gasteiger partial charge in [-0.3, -0.25) is 10.6 Å². The van der Waals surface area contributed by atoms with Gasteiger partial charge in [-0.25, -0.2) is 0 Å². The predicted molar refractivity (Wildman–Crippen MR) is 84.4 cm³/mol. The third kappa shape index (κ3) is 4.88. The molecule has 1 aliphatic carbocycles. The number of nitrogen functional groups attached to an aromatic ring is 1. The number of anilines is 1. The summed E-state index contributed by atoms with van der Waals surface area (Å²) in [5.41, 5.74) is 3.47. The van der Waals surface area contributed by atoms with Crippen molar-refractivity contribution in [3.05, 3.63) is 28.8 Å². The van der Waals surface area contributed by atoms with Crippen molar-refractivity contribution in [3.63, 3.8) is 0 Å². The minimum absolute atomic E-state index is 0.210. The molecule has 21 heavy (non-hydrogen) atoms. The smallest absolute Gasteiger partial charge is 0.253 e. The molecule has 1 saturated carbocycles. The van der Waals surface area contributed by atoms with Gasteiger partial charge in [0.25, 0.3) is 5.91 Å². The Balaban J connectivity index is 1.77. The molecular formula is C15H22ClN3O2. The fourth-order valence-electron chi connectivity index (χ4n) is 2.55. The van der Waals surface area contributed by atoms with E-state index in [2.05, 4.69) is 10.7 Å². The van der Waals surface area contributed by atoms with Gasteiger partial charge in [-0.05, 0) is 31.0 Å². The van der Waals surface area contributed by atoms with Crippen LogP contribution in [0.3, 0.4) is 0 Å². The van der Waals surface area contributed by atoms with Crippen LogP contribution in [0.5, 0.6) is 0 Å². The number of benzene rings is 1. The van der Waals surface area contributed by atoms with Crippen molar-refractivity contribution in [1.82, 2.24) is 5.32 Å². The lowest BCUT2D eigenvalue weighted by Gasteiger charge is -2.22. The molecule has 0 bridgehead atoms. The Kier molecular flexibility index (Phi) is 6.29. The van der Waals surface area contributed by atoms with Gasteiger partial charge in [0.05, 0.1) is 24.0 Å². The maximum absolute atomic E-state index is 12.1. The number of hydrogen-bond donors (Lipinski definition) is 3. The number of carbonyl (C=O) groups is 1. The van der Waals surface area contributed by atoms with E-state index in [4.69, 9.17) is 22.2 Å². The number of nitrogens with two attached hydrogens (primary N) is 1. The Morgan fingerprint density at radius 2 is 2.10 bits per heavy atom. The molecule has 0 spiro atoms. The number of hydrazine groups is 1. The van der Waals surface area contributed by atoms with Gasteiger partial charge in [0.15, 0.2) is 0 Å². The van der Waals surface area contributed by atoms with E-state index in [0.29, 0.717) is 35.5 Å². The summed E-state index contributed by atoms with van der Waals surface area (Å²) in [6.07, 6.45) is 6.40. The molecule has 0 saturated heterocycles. The minimum atomic E-state index is -0.210. The zero-order chi connectivity index (χ0) is 15.1. The number of carbonyl (C=O) groups excluding carboxylic acids is 1. The molecule has 4 N–H and O–H groups in total. The molecule has 0 atom stereocenters. The summed E-state index contributed by atoms with van der Waals surface area (Å²) in [6.45, 7) is 1.01. The highest BCUT2D eigenvalue weighted by atomic mass is 35.5. The highest BCUT2D eigenvalue weighted by Crippen LogP contribution is 2.21. The van der Waals surface area contributed by atoms with Crippen LogP contribution in [0, 0.1) is 0 Å². The summed E-state index contributed by atoms with van der Waals surface area (Å²) < 4.78 is 5.77. The highest BCUT2D eigenvalue weighted by Gasteiger charge is 2.14. The van der Waals surface area contributed by atoms with Gasteiger partial charge >= 0.3 is 0 Å². The standard InChI is InChI=1S/C15H22ClN3O2/c16-11-6-7-14(19-17)13(10-11)15(20)18-8-9-21-12-4-2-1-3-5-12/h6-7,10,12,19H,1-5,8-9,17H2,(H,18,20). The molecule has 1 fully saturated rings. The van der Waals surface area contributed by atoms with Crippen molar-refractivity contribution >= 4 is 23.2 Å². The summed E-state index contributed by atoms with van der Waals surface area (Å²) in [4.78, 5) is 12.1. The summed E-state index contributed by atoms with van der Waals surface area (Å²) in [5.74, 6) is 5.18. The van der Waals surface area contributed by atoms with Crippen molar-refractivity contribution < 1.29 is 9.53 Å². The zero-order valence-electron chi connectivity index (χ0n) is 12.0. The van der Waals surface area contributed by atoms with Gasteiger partial charge < -0.3 is 15.5 Å². The predicted octanol–water partition coefficient (Wildman–Crippen LogP) is 2.70. The molecule has 1 aromatic rings. The van der Waals surface area contributed by atoms with E-state index < -0.39 is 0 Å². The molecule has 6 heteroatoms. The maximum Gasteiger partial charge on any atom is 0.253 e. The molecule has 0 heterocycles. The van der Waals surface area contributed by atoms with Gasteiger partial charge in [-0.1, -0.05) is 30.9 Å². The van der Waals surface area contributed by atoms with E-state index in [1.54, 1.807) is 18.2 Å². The van der Waals surface area contributed by atoms with Crippen LogP contribution >= 0.6 is 11.6 Å². The molecule has 0 unspecified atom stereocenters. The van der Waals surface area contributed by atoms with Crippen LogP contribution in [-0.2, 0) is 4.74 Å². The van der Waals surface area contributed by atoms with E-state index >= 15 is 0 Å². The summed E-state index contributed by atoms with van der Waals surface area (Å²) in [5, 5.41) is 3.32. The summed E-state index contributed by atoms with van der Waals surface area (Å²) in [7, 11) is 0. The number of hydrogen-bond acceptors (Lipinski definition) is 4. The van der Waals surface area contributed by atoms with Crippen molar-refractivity contribution in [1.29, 1.82) is 0 Å². The Morgan fingerprint density at radius 3 is 2.81 bits per heavy atom. The molecular weight excluding hydrogens is 290 g/mol. The lowest BCUT2D eigenvalue weighted by atomic mass is 9.98. The Bertz CT molecular complexity index is 476. The van der Waals surface area contributed by atoms with Crippen LogP contribution in [0.2, 0.25) is 5.02 Å². The van der Waals surface area contributed by atoms with Crippen molar-refractivity contribution in [3.8, 4) is 0 Å². The second-order valence-electron chi connectivity index (χ2n) is 5.22. The molecule has 5 nitrogen and oxygen atoms in total. The molecule has 116 valence electrons. The number of rotatable bonds is 6. The lowest BCUT2D eigenvalue weighted by molar-refractivity contribution is 0.0299. The van der Waals surface area contributed by atoms with Gasteiger partial charge in [0.2, 0.25) is 0 Å². The molecule has 1 aliphatic rings. The first-order chi connectivity index (χ1) is 10.2. The van der Waals surface area contributed by atoms with E-state index in [9.17, 15) is 4.79 Å². The molecule has 1 aromatic carbocycles. The first-order valence-corrected chi connectivity index (χ1v) is 7.74. The molecule has 1 amide bonds. The quantitative estimate of drug-likeness (QED) is 0.429. The molecule has 0 radical (unpaired) electrons. The maximum atomic E-state index is 12.1. The average molecular weight is 312 g/mol. The van der Waals surface area contributed by atoms with Crippen LogP contribution in [0.25, 0.3) is 0 Å². The third-order valence-corrected chi connectivity index (χ3v) is 3.91. The van der Waals surface area contributed by atoms with Crippen LogP contribution in [0.15, 0.2) is 18.2 Å². The normalized spacial score (nSPS) is 15.7. The number of amides is 1. The van der Waals surface area contributed by atoms with Crippen LogP contribution in [-0.4, -0.2) is 25.2 Å². The third-order valence-electron chi connectivity index (χ3n) is 3.68. The van der Waals surface area contributed by atoms with Gasteiger partial charge in [-0.2, -0.15) is 0 Å². The monoisotopic (exact) mass is 311 g/mol. The first-order valence-electron chi connectivity index (χ1n) is 7.36. The topological polar surface area (TPSA) is 76.4 Å². The van der Waals surface area contributed by atoms with Crippen LogP contribution in [0.4, 0.5) is 5.69 Å². The minimum Gasteiger partial charge on any atom is -0.376 e. The summed E-state index contributed by atoms with van der Waals surface area (Å²) >= 11 is 5.91. The van der Waals surface area contributed by atoms with Gasteiger partial charge in [0, 0.05) is 11.6 Å². The van der Waals surface area contributed by atoms with E-state index in [-0.39, 0.29) is 5.91 Å². The van der Waals surface area contributed by atoms with Crippen LogP contribution < -0.4 is 16.6 Å². The van der Waals surface area contributed by atoms with Crippen LogP contribution in [0.1, 0.15) is 42.5 Å². The van der Waals surface area contributed by atoms with Gasteiger partial charge in [0.1, 0.15) is 0 Å². The van der Waals surface area contributed by atoms with E-state index in [1.165, 1.54) is 19.3 Å². The second-order valence-corrected chi connectivity index (χ2v) is 5.66. The zero-order valence-corrected chi connectivity index (χ0v) is 12.8. The van der Waals surface area contributed by atoms with Crippen molar-refractivity contribution in [2.24, 2.45) is 5.84 Å². The van der Waals surface area contributed by atoms with Crippen molar-refractivity contribution in [2.75, 3.05) is 18.6 Å². The van der Waals surface area contributed by atoms with Crippen molar-refractivity contribution in [2.45, 2.75) is 38.2 Å². The molecule has 0 aromatic heterocycles. The highest BCUT2D eigenvalue weighted by molar-refractivity contribution is 6.31. The Labute approximate surface area is 130 Å². The average Bonchev–Trinajstić information content (AvgIpc) is 2.52. The Morgan fingerprint density at radius 1 is 1.33 bits per heavy atom. The molecule has 2 rings (SSSR count). The fraction of sp³-hybridized carbons (Fsp3) is 0.533. The number of halogens is 1. The first kappa shape index (κ1) is 16.1. The molecule has 0 aliphatic heterocycles. The number of ether oxygens (including phenoxy) is 1.